The molecular formula is C16H28F3N3O4. The molecule has 0 aromatic rings. The van der Waals surface area contributed by atoms with Gasteiger partial charge in [0, 0.05) is 26.2 Å². The molecule has 1 aliphatic heterocycles. The minimum absolute atomic E-state index is 0.0135. The predicted molar refractivity (Wildman–Crippen MR) is 88.2 cm³/mol. The Labute approximate surface area is 151 Å². The Kier molecular flexibility index (Phi) is 7.70. The lowest BCUT2D eigenvalue weighted by atomic mass is 9.94. The Morgan fingerprint density at radius 3 is 2.50 bits per heavy atom. The van der Waals surface area contributed by atoms with Crippen molar-refractivity contribution in [2.75, 3.05) is 26.2 Å². The number of ether oxygens (including phenoxy) is 1. The minimum Gasteiger partial charge on any atom is -0.444 e. The van der Waals surface area contributed by atoms with Gasteiger partial charge in [0.15, 0.2) is 5.54 Å². The number of nitrogens with one attached hydrogen (secondary N) is 2. The second kappa shape index (κ2) is 8.90. The van der Waals surface area contributed by atoms with Gasteiger partial charge in [-0.2, -0.15) is 13.2 Å². The summed E-state index contributed by atoms with van der Waals surface area (Å²) in [6, 6.07) is 0. The Morgan fingerprint density at radius 1 is 1.31 bits per heavy atom. The molecule has 1 rings (SSSR count). The zero-order valence-corrected chi connectivity index (χ0v) is 15.7. The van der Waals surface area contributed by atoms with Crippen LogP contribution in [0.3, 0.4) is 0 Å². The highest BCUT2D eigenvalue weighted by Gasteiger charge is 2.64. The maximum Gasteiger partial charge on any atom is 0.411 e. The van der Waals surface area contributed by atoms with E-state index >= 15 is 0 Å². The van der Waals surface area contributed by atoms with Crippen molar-refractivity contribution >= 4 is 12.1 Å². The lowest BCUT2D eigenvalue weighted by Gasteiger charge is -2.36. The molecule has 2 N–H and O–H groups in total. The van der Waals surface area contributed by atoms with Crippen molar-refractivity contribution in [1.82, 2.24) is 15.7 Å². The van der Waals surface area contributed by atoms with Gasteiger partial charge in [-0.25, -0.2) is 4.79 Å². The van der Waals surface area contributed by atoms with Crippen molar-refractivity contribution in [2.24, 2.45) is 0 Å². The average Bonchev–Trinajstić information content (AvgIpc) is 2.79. The molecule has 26 heavy (non-hydrogen) atoms. The number of hydrogen-bond acceptors (Lipinski definition) is 6. The van der Waals surface area contributed by atoms with Crippen LogP contribution in [0.5, 0.6) is 0 Å². The molecule has 0 aromatic heterocycles. The summed E-state index contributed by atoms with van der Waals surface area (Å²) in [5.41, 5.74) is -3.05. The van der Waals surface area contributed by atoms with Crippen LogP contribution in [-0.2, 0) is 14.4 Å². The number of amides is 1. The first-order valence-electron chi connectivity index (χ1n) is 8.64. The highest BCUT2D eigenvalue weighted by atomic mass is 19.4. The molecule has 0 aliphatic carbocycles. The lowest BCUT2D eigenvalue weighted by Crippen LogP contribution is -2.61. The van der Waals surface area contributed by atoms with Crippen LogP contribution in [0.1, 0.15) is 47.0 Å². The molecule has 152 valence electrons. The number of unbranched alkanes of at least 4 members (excludes halogenated alkanes) is 1. The van der Waals surface area contributed by atoms with Gasteiger partial charge in [0.25, 0.3) is 0 Å². The van der Waals surface area contributed by atoms with Crippen molar-refractivity contribution in [3.8, 4) is 0 Å². The van der Waals surface area contributed by atoms with Crippen LogP contribution < -0.4 is 10.6 Å². The SMILES string of the molecule is CCCCN1OC(=O)CC1(CNCCNC(=O)OC(C)(C)C)C(F)(F)F. The summed E-state index contributed by atoms with van der Waals surface area (Å²) < 4.78 is 46.1. The molecule has 1 fully saturated rings. The molecule has 1 atom stereocenters. The van der Waals surface area contributed by atoms with Crippen molar-refractivity contribution in [1.29, 1.82) is 0 Å². The maximum atomic E-state index is 13.7. The molecule has 0 spiro atoms. The number of alkyl halides is 3. The van der Waals surface area contributed by atoms with Gasteiger partial charge < -0.3 is 20.2 Å². The van der Waals surface area contributed by atoms with E-state index < -0.39 is 42.3 Å². The number of halogens is 3. The molecular weight excluding hydrogens is 355 g/mol. The van der Waals surface area contributed by atoms with Crippen LogP contribution in [0, 0.1) is 0 Å². The van der Waals surface area contributed by atoms with E-state index in [-0.39, 0.29) is 19.6 Å². The normalized spacial score (nSPS) is 21.6. The fourth-order valence-electron chi connectivity index (χ4n) is 2.49. The van der Waals surface area contributed by atoms with Crippen LogP contribution >= 0.6 is 0 Å². The Balaban J connectivity index is 2.58. The highest BCUT2D eigenvalue weighted by Crippen LogP contribution is 2.42. The first-order chi connectivity index (χ1) is 11.9. The van der Waals surface area contributed by atoms with Crippen molar-refractivity contribution < 1.29 is 32.3 Å². The second-order valence-corrected chi connectivity index (χ2v) is 7.23. The number of alkyl carbamates (subject to hydrolysis) is 1. The first kappa shape index (κ1) is 22.5. The summed E-state index contributed by atoms with van der Waals surface area (Å²) in [6.45, 7) is 6.65. The van der Waals surface area contributed by atoms with E-state index in [1.54, 1.807) is 20.8 Å². The third-order valence-corrected chi connectivity index (χ3v) is 3.76. The van der Waals surface area contributed by atoms with E-state index in [4.69, 9.17) is 9.57 Å². The Morgan fingerprint density at radius 2 is 1.96 bits per heavy atom. The van der Waals surface area contributed by atoms with E-state index in [2.05, 4.69) is 10.6 Å². The summed E-state index contributed by atoms with van der Waals surface area (Å²) in [4.78, 5) is 27.8. The molecule has 1 aliphatic rings. The number of carbonyl (C=O) groups excluding carboxylic acids is 2. The topological polar surface area (TPSA) is 79.9 Å². The largest absolute Gasteiger partial charge is 0.444 e. The van der Waals surface area contributed by atoms with Gasteiger partial charge in [-0.3, -0.25) is 4.79 Å². The quantitative estimate of drug-likeness (QED) is 0.627. The fourth-order valence-corrected chi connectivity index (χ4v) is 2.49. The van der Waals surface area contributed by atoms with E-state index in [9.17, 15) is 22.8 Å². The predicted octanol–water partition coefficient (Wildman–Crippen LogP) is 2.37. The Hall–Kier alpha value is -1.55. The van der Waals surface area contributed by atoms with Crippen molar-refractivity contribution in [3.05, 3.63) is 0 Å². The van der Waals surface area contributed by atoms with Crippen LogP contribution in [0.4, 0.5) is 18.0 Å². The van der Waals surface area contributed by atoms with Crippen LogP contribution in [0.15, 0.2) is 0 Å². The molecule has 7 nitrogen and oxygen atoms in total. The second-order valence-electron chi connectivity index (χ2n) is 7.23. The van der Waals surface area contributed by atoms with Gasteiger partial charge in [0.2, 0.25) is 0 Å². The third-order valence-electron chi connectivity index (χ3n) is 3.76. The molecule has 1 amide bonds. The minimum atomic E-state index is -4.64. The Bertz CT molecular complexity index is 494. The van der Waals surface area contributed by atoms with Crippen LogP contribution in [-0.4, -0.2) is 60.6 Å². The van der Waals surface area contributed by atoms with Gasteiger partial charge >= 0.3 is 18.2 Å². The van der Waals surface area contributed by atoms with Crippen LogP contribution in [0.25, 0.3) is 0 Å². The maximum absolute atomic E-state index is 13.7. The highest BCUT2D eigenvalue weighted by molar-refractivity contribution is 5.73. The number of hydroxylamine groups is 2. The third kappa shape index (κ3) is 6.31. The van der Waals surface area contributed by atoms with Gasteiger partial charge in [-0.05, 0) is 27.2 Å². The smallest absolute Gasteiger partial charge is 0.411 e. The molecule has 0 bridgehead atoms. The lowest BCUT2D eigenvalue weighted by molar-refractivity contribution is -0.277. The average molecular weight is 383 g/mol. The van der Waals surface area contributed by atoms with Crippen molar-refractivity contribution in [3.63, 3.8) is 0 Å². The number of carbonyl (C=O) groups is 2. The number of rotatable bonds is 8. The summed E-state index contributed by atoms with van der Waals surface area (Å²) >= 11 is 0. The van der Waals surface area contributed by atoms with Crippen molar-refractivity contribution in [2.45, 2.75) is 64.3 Å². The summed E-state index contributed by atoms with van der Waals surface area (Å²) in [7, 11) is 0. The van der Waals surface area contributed by atoms with Gasteiger partial charge in [0.05, 0.1) is 6.42 Å². The summed E-state index contributed by atoms with van der Waals surface area (Å²) in [6.07, 6.45) is -4.89. The molecule has 10 heteroatoms. The molecule has 1 unspecified atom stereocenters. The number of hydrogen-bond donors (Lipinski definition) is 2. The monoisotopic (exact) mass is 383 g/mol. The van der Waals surface area contributed by atoms with E-state index in [1.165, 1.54) is 0 Å². The molecule has 0 radical (unpaired) electrons. The van der Waals surface area contributed by atoms with E-state index in [0.717, 1.165) is 5.06 Å². The zero-order valence-electron chi connectivity index (χ0n) is 15.7. The van der Waals surface area contributed by atoms with Gasteiger partial charge in [0.1, 0.15) is 5.60 Å². The zero-order chi connectivity index (χ0) is 20.0. The van der Waals surface area contributed by atoms with E-state index in [1.807, 2.05) is 6.92 Å². The van der Waals surface area contributed by atoms with Gasteiger partial charge in [-0.1, -0.05) is 13.3 Å². The standard InChI is InChI=1S/C16H28F3N3O4/c1-5-6-9-22-15(16(17,18)19,10-12(23)26-22)11-20-7-8-21-13(24)25-14(2,3)4/h20H,5-11H2,1-4H3,(H,21,24). The summed E-state index contributed by atoms with van der Waals surface area (Å²) in [5.74, 6) is -0.896. The van der Waals surface area contributed by atoms with E-state index in [0.29, 0.717) is 12.8 Å². The van der Waals surface area contributed by atoms with Gasteiger partial charge in [-0.15, -0.1) is 5.06 Å². The fraction of sp³-hybridized carbons (Fsp3) is 0.875. The molecule has 1 heterocycles. The molecule has 1 saturated heterocycles. The molecule has 0 saturated carbocycles. The number of nitrogens with zero attached hydrogens (tertiary/aromatic N) is 1. The summed E-state index contributed by atoms with van der Waals surface area (Å²) in [5, 5.41) is 5.85. The van der Waals surface area contributed by atoms with Crippen LogP contribution in [0.2, 0.25) is 0 Å². The molecule has 0 aromatic carbocycles. The first-order valence-corrected chi connectivity index (χ1v) is 8.64.